The van der Waals surface area contributed by atoms with Crippen LogP contribution in [0.4, 0.5) is 19.0 Å². The van der Waals surface area contributed by atoms with E-state index in [2.05, 4.69) is 15.3 Å². The molecule has 2 unspecified atom stereocenters. The number of carbonyl (C=O) groups excluding carboxylic acids is 1. The first-order valence-electron chi connectivity index (χ1n) is 13.3. The quantitative estimate of drug-likeness (QED) is 0.203. The molecule has 1 aliphatic heterocycles. The van der Waals surface area contributed by atoms with Gasteiger partial charge in [0, 0.05) is 36.4 Å². The minimum Gasteiger partial charge on any atom is -0.364 e. The number of hydrogen-bond acceptors (Lipinski definition) is 7. The molecule has 1 fully saturated rings. The number of quaternary nitrogens is 1. The van der Waals surface area contributed by atoms with Gasteiger partial charge in [-0.3, -0.25) is 9.78 Å². The standard InChI is InChI=1S/C29H27ClF3N5O3S2/c1-18(20-10-12-35-13-11-20)36-26-16-19(15-23(37-26)21-4-6-22(7-5-21)29(31,32)33)17-38(14-2-3-24(38)28(34)39)43(40,41)27-9-8-25(30)42-27/h4-13,15-16,18,24H,2-3,14,17H2,1H3,(H2-,34,36,37,39)/p+1/t18?,24-,38?/m0/s1. The summed E-state index contributed by atoms with van der Waals surface area (Å²) in [6.07, 6.45) is -0.465. The van der Waals surface area contributed by atoms with Crippen LogP contribution < -0.4 is 11.1 Å². The fourth-order valence-electron chi connectivity index (χ4n) is 5.49. The molecule has 226 valence electrons. The highest BCUT2D eigenvalue weighted by atomic mass is 35.5. The first-order chi connectivity index (χ1) is 20.3. The highest BCUT2D eigenvalue weighted by molar-refractivity contribution is 7.88. The van der Waals surface area contributed by atoms with E-state index < -0.39 is 37.6 Å². The minimum absolute atomic E-state index is 0.0207. The number of primary amides is 1. The number of nitrogens with one attached hydrogen (secondary N) is 1. The normalized spacial score (nSPS) is 19.7. The lowest BCUT2D eigenvalue weighted by atomic mass is 10.1. The minimum atomic E-state index is -4.50. The second kappa shape index (κ2) is 11.9. The molecule has 0 saturated carbocycles. The van der Waals surface area contributed by atoms with Crippen molar-refractivity contribution >= 4 is 44.7 Å². The van der Waals surface area contributed by atoms with Gasteiger partial charge in [0.05, 0.1) is 28.2 Å². The van der Waals surface area contributed by atoms with E-state index in [9.17, 15) is 26.4 Å². The van der Waals surface area contributed by atoms with Crippen LogP contribution in [0.15, 0.2) is 77.3 Å². The van der Waals surface area contributed by atoms with E-state index in [-0.39, 0.29) is 34.1 Å². The van der Waals surface area contributed by atoms with Gasteiger partial charge in [0.25, 0.3) is 5.91 Å². The molecule has 1 saturated heterocycles. The molecule has 0 bridgehead atoms. The first kappa shape index (κ1) is 30.9. The van der Waals surface area contributed by atoms with Crippen molar-refractivity contribution in [2.24, 2.45) is 5.73 Å². The highest BCUT2D eigenvalue weighted by Gasteiger charge is 2.55. The maximum absolute atomic E-state index is 14.2. The number of anilines is 1. The van der Waals surface area contributed by atoms with Crippen LogP contribution in [0, 0.1) is 0 Å². The second-order valence-electron chi connectivity index (χ2n) is 10.4. The molecule has 5 rings (SSSR count). The van der Waals surface area contributed by atoms with Crippen LogP contribution in [0.3, 0.4) is 0 Å². The maximum Gasteiger partial charge on any atom is 0.416 e. The van der Waals surface area contributed by atoms with Gasteiger partial charge in [-0.25, -0.2) is 4.98 Å². The predicted octanol–water partition coefficient (Wildman–Crippen LogP) is 6.40. The van der Waals surface area contributed by atoms with Crippen molar-refractivity contribution in [3.05, 3.63) is 94.1 Å². The third-order valence-electron chi connectivity index (χ3n) is 7.61. The van der Waals surface area contributed by atoms with Gasteiger partial charge in [0.1, 0.15) is 12.4 Å². The number of halogens is 4. The number of rotatable bonds is 9. The molecule has 1 amide bonds. The van der Waals surface area contributed by atoms with E-state index in [1.54, 1.807) is 24.5 Å². The van der Waals surface area contributed by atoms with E-state index in [4.69, 9.17) is 17.3 Å². The van der Waals surface area contributed by atoms with Crippen molar-refractivity contribution in [3.63, 3.8) is 0 Å². The Morgan fingerprint density at radius 3 is 2.44 bits per heavy atom. The summed E-state index contributed by atoms with van der Waals surface area (Å²) in [5.41, 5.74) is 7.13. The van der Waals surface area contributed by atoms with Crippen molar-refractivity contribution in [1.29, 1.82) is 0 Å². The fourth-order valence-corrected chi connectivity index (χ4v) is 9.37. The SMILES string of the molecule is CC(Nc1cc(C[N+]2(S(=O)(=O)c3ccc(Cl)s3)CCC[C@H]2C(N)=O)cc(-c2ccc(C(F)(F)F)cc2)n1)c1ccncc1. The zero-order valence-electron chi connectivity index (χ0n) is 22.9. The lowest BCUT2D eigenvalue weighted by molar-refractivity contribution is -0.823. The Kier molecular flexibility index (Phi) is 8.54. The highest BCUT2D eigenvalue weighted by Crippen LogP contribution is 2.41. The van der Waals surface area contributed by atoms with Crippen LogP contribution in [0.5, 0.6) is 0 Å². The summed E-state index contributed by atoms with van der Waals surface area (Å²) in [4.78, 5) is 21.4. The van der Waals surface area contributed by atoms with Crippen LogP contribution in [0.1, 0.15) is 42.5 Å². The molecule has 3 atom stereocenters. The van der Waals surface area contributed by atoms with Crippen molar-refractivity contribution in [1.82, 2.24) is 9.97 Å². The molecule has 3 aromatic heterocycles. The van der Waals surface area contributed by atoms with Gasteiger partial charge in [0.2, 0.25) is 0 Å². The Bertz CT molecular complexity index is 1730. The fraction of sp³-hybridized carbons (Fsp3) is 0.276. The van der Waals surface area contributed by atoms with Gasteiger partial charge >= 0.3 is 16.2 Å². The number of benzene rings is 1. The molecule has 0 aliphatic carbocycles. The van der Waals surface area contributed by atoms with E-state index in [1.165, 1.54) is 24.3 Å². The van der Waals surface area contributed by atoms with Gasteiger partial charge < -0.3 is 11.1 Å². The monoisotopic (exact) mass is 650 g/mol. The van der Waals surface area contributed by atoms with Gasteiger partial charge in [-0.15, -0.1) is 11.3 Å². The van der Waals surface area contributed by atoms with Gasteiger partial charge in [-0.2, -0.15) is 25.5 Å². The number of nitrogens with two attached hydrogens (primary N) is 1. The number of thiophene rings is 1. The van der Waals surface area contributed by atoms with Crippen LogP contribution in [0.2, 0.25) is 4.34 Å². The summed E-state index contributed by atoms with van der Waals surface area (Å²) in [6, 6.07) is 13.2. The number of amides is 1. The summed E-state index contributed by atoms with van der Waals surface area (Å²) in [5.74, 6) is -0.355. The average Bonchev–Trinajstić information content (AvgIpc) is 3.61. The third-order valence-corrected chi connectivity index (χ3v) is 11.7. The predicted molar refractivity (Wildman–Crippen MR) is 159 cm³/mol. The smallest absolute Gasteiger partial charge is 0.364 e. The first-order valence-corrected chi connectivity index (χ1v) is 16.0. The summed E-state index contributed by atoms with van der Waals surface area (Å²) < 4.78 is 67.8. The molecule has 3 N–H and O–H groups in total. The Morgan fingerprint density at radius 1 is 1.14 bits per heavy atom. The van der Waals surface area contributed by atoms with Crippen LogP contribution in [0.25, 0.3) is 11.3 Å². The number of alkyl halides is 3. The largest absolute Gasteiger partial charge is 0.416 e. The molecule has 4 heterocycles. The van der Waals surface area contributed by atoms with Gasteiger partial charge in [0.15, 0.2) is 10.3 Å². The number of aromatic nitrogens is 2. The second-order valence-corrected chi connectivity index (χ2v) is 14.5. The third kappa shape index (κ3) is 6.26. The van der Waals surface area contributed by atoms with Crippen LogP contribution >= 0.6 is 22.9 Å². The summed E-state index contributed by atoms with van der Waals surface area (Å²) in [7, 11) is -4.15. The van der Waals surface area contributed by atoms with Crippen molar-refractivity contribution in [3.8, 4) is 11.3 Å². The summed E-state index contributed by atoms with van der Waals surface area (Å²) in [5, 5.41) is 3.31. The number of likely N-dealkylation sites (tertiary alicyclic amines) is 1. The number of carbonyl (C=O) groups is 1. The van der Waals surface area contributed by atoms with Crippen molar-refractivity contribution in [2.45, 2.75) is 48.8 Å². The molecule has 8 nitrogen and oxygen atoms in total. The van der Waals surface area contributed by atoms with Gasteiger partial charge in [-0.05, 0) is 61.0 Å². The number of nitrogens with zero attached hydrogens (tertiary/aromatic N) is 3. The average molecular weight is 651 g/mol. The van der Waals surface area contributed by atoms with Crippen molar-refractivity contribution in [2.75, 3.05) is 11.9 Å². The zero-order chi connectivity index (χ0) is 31.0. The number of sulfonamides is 1. The van der Waals surface area contributed by atoms with E-state index >= 15 is 0 Å². The zero-order valence-corrected chi connectivity index (χ0v) is 25.3. The van der Waals surface area contributed by atoms with Gasteiger partial charge in [-0.1, -0.05) is 23.7 Å². The lowest BCUT2D eigenvalue weighted by Gasteiger charge is -2.36. The Morgan fingerprint density at radius 2 is 1.84 bits per heavy atom. The molecule has 43 heavy (non-hydrogen) atoms. The molecule has 0 spiro atoms. The number of pyridine rings is 2. The molecule has 0 radical (unpaired) electrons. The lowest BCUT2D eigenvalue weighted by Crippen LogP contribution is -2.59. The summed E-state index contributed by atoms with van der Waals surface area (Å²) in [6.45, 7) is 1.92. The topological polar surface area (TPSA) is 115 Å². The van der Waals surface area contributed by atoms with E-state index in [1.807, 2.05) is 19.1 Å². The van der Waals surface area contributed by atoms with E-state index in [0.717, 1.165) is 29.0 Å². The maximum atomic E-state index is 14.2. The van der Waals surface area contributed by atoms with Crippen LogP contribution in [-0.2, 0) is 27.5 Å². The molecular formula is C29H28ClF3N5O3S2+. The summed E-state index contributed by atoms with van der Waals surface area (Å²) >= 11 is 6.99. The molecule has 1 aromatic carbocycles. The molecule has 14 heteroatoms. The molecule has 1 aliphatic rings. The molecule has 4 aromatic rings. The Balaban J connectivity index is 1.62. The van der Waals surface area contributed by atoms with E-state index in [0.29, 0.717) is 29.1 Å². The molecular weight excluding hydrogens is 623 g/mol. The Labute approximate surface area is 256 Å². The Hall–Kier alpha value is -3.52. The van der Waals surface area contributed by atoms with Crippen LogP contribution in [-0.4, -0.2) is 40.8 Å². The number of hydrogen-bond donors (Lipinski definition) is 2. The van der Waals surface area contributed by atoms with Crippen molar-refractivity contribution < 1.29 is 30.3 Å².